The third-order valence-electron chi connectivity index (χ3n) is 1.56. The van der Waals surface area contributed by atoms with Gasteiger partial charge in [-0.15, -0.1) is 0 Å². The van der Waals surface area contributed by atoms with Crippen LogP contribution in [0.1, 0.15) is 5.56 Å². The largest absolute Gasteiger partial charge is 0.289 e. The molecule has 1 aromatic carbocycles. The first-order valence-corrected chi connectivity index (χ1v) is 3.87. The molecule has 1 aromatic rings. The number of anilines is 1. The lowest BCUT2D eigenvalue weighted by Gasteiger charge is -2.13. The lowest BCUT2D eigenvalue weighted by molar-refractivity contribution is 0.279. The van der Waals surface area contributed by atoms with E-state index < -0.39 is 0 Å². The summed E-state index contributed by atoms with van der Waals surface area (Å²) in [5.74, 6) is 0. The van der Waals surface area contributed by atoms with Crippen molar-refractivity contribution in [2.24, 2.45) is 0 Å². The topological polar surface area (TPSA) is 23.5 Å². The van der Waals surface area contributed by atoms with Gasteiger partial charge >= 0.3 is 0 Å². The maximum absolute atomic E-state index is 9.17. The van der Waals surface area contributed by atoms with Crippen molar-refractivity contribution < 1.29 is 5.21 Å². The van der Waals surface area contributed by atoms with Gasteiger partial charge in [-0.25, -0.2) is 0 Å². The van der Waals surface area contributed by atoms with E-state index in [4.69, 9.17) is 16.8 Å². The highest BCUT2D eigenvalue weighted by molar-refractivity contribution is 6.30. The Morgan fingerprint density at radius 2 is 2.25 bits per heavy atom. The number of nitrogens with zero attached hydrogens (tertiary/aromatic N) is 1. The van der Waals surface area contributed by atoms with Crippen LogP contribution in [0.4, 0.5) is 5.69 Å². The predicted molar refractivity (Wildman–Crippen MR) is 51.7 cm³/mol. The molecule has 0 saturated heterocycles. The molecule has 0 aliphatic heterocycles. The predicted octanol–water partition coefficient (Wildman–Crippen LogP) is 2.81. The molecule has 0 fully saturated rings. The summed E-state index contributed by atoms with van der Waals surface area (Å²) in [6.07, 6.45) is 1.65. The highest BCUT2D eigenvalue weighted by Gasteiger charge is 2.02. The molecule has 1 rings (SSSR count). The van der Waals surface area contributed by atoms with Gasteiger partial charge in [0.05, 0.1) is 5.69 Å². The SMILES string of the molecule is C=Cc1cc(Cl)ccc1N(C)O. The molecule has 0 unspecified atom stereocenters. The summed E-state index contributed by atoms with van der Waals surface area (Å²) in [6.45, 7) is 3.62. The van der Waals surface area contributed by atoms with Crippen molar-refractivity contribution in [3.63, 3.8) is 0 Å². The standard InChI is InChI=1S/C9H10ClNO/c1-3-7-6-8(10)4-5-9(7)11(2)12/h3-6,12H,1H2,2H3. The van der Waals surface area contributed by atoms with Gasteiger partial charge in [-0.05, 0) is 18.2 Å². The molecular weight excluding hydrogens is 174 g/mol. The second kappa shape index (κ2) is 3.61. The van der Waals surface area contributed by atoms with E-state index in [0.29, 0.717) is 10.7 Å². The molecule has 0 bridgehead atoms. The summed E-state index contributed by atoms with van der Waals surface area (Å²) in [6, 6.07) is 5.20. The molecule has 0 heterocycles. The average Bonchev–Trinajstić information content (AvgIpc) is 2.03. The maximum atomic E-state index is 9.17. The Balaban J connectivity index is 3.20. The summed E-state index contributed by atoms with van der Waals surface area (Å²) in [7, 11) is 1.55. The van der Waals surface area contributed by atoms with Gasteiger partial charge in [0, 0.05) is 17.6 Å². The molecule has 0 saturated carbocycles. The molecule has 0 atom stereocenters. The van der Waals surface area contributed by atoms with Crippen LogP contribution in [0.3, 0.4) is 0 Å². The van der Waals surface area contributed by atoms with Crippen molar-refractivity contribution in [2.75, 3.05) is 12.1 Å². The van der Waals surface area contributed by atoms with E-state index in [-0.39, 0.29) is 0 Å². The Labute approximate surface area is 76.6 Å². The van der Waals surface area contributed by atoms with Gasteiger partial charge in [0.15, 0.2) is 0 Å². The van der Waals surface area contributed by atoms with Crippen molar-refractivity contribution in [3.05, 3.63) is 35.4 Å². The fourth-order valence-electron chi connectivity index (χ4n) is 0.984. The number of rotatable bonds is 2. The molecule has 0 aromatic heterocycles. The van der Waals surface area contributed by atoms with Crippen molar-refractivity contribution in [2.45, 2.75) is 0 Å². The van der Waals surface area contributed by atoms with Crippen LogP contribution in [-0.2, 0) is 0 Å². The van der Waals surface area contributed by atoms with E-state index in [9.17, 15) is 0 Å². The van der Waals surface area contributed by atoms with Crippen molar-refractivity contribution >= 4 is 23.4 Å². The highest BCUT2D eigenvalue weighted by atomic mass is 35.5. The van der Waals surface area contributed by atoms with Crippen LogP contribution in [0.5, 0.6) is 0 Å². The van der Waals surface area contributed by atoms with Crippen LogP contribution in [0, 0.1) is 0 Å². The number of benzene rings is 1. The molecular formula is C9H10ClNO. The first-order valence-electron chi connectivity index (χ1n) is 3.49. The number of hydrogen-bond acceptors (Lipinski definition) is 2. The molecule has 3 heteroatoms. The van der Waals surface area contributed by atoms with Gasteiger partial charge in [0.25, 0.3) is 0 Å². The Kier molecular flexibility index (Phi) is 2.74. The van der Waals surface area contributed by atoms with Gasteiger partial charge in [0.2, 0.25) is 0 Å². The van der Waals surface area contributed by atoms with Crippen LogP contribution >= 0.6 is 11.6 Å². The molecule has 2 nitrogen and oxygen atoms in total. The second-order valence-electron chi connectivity index (χ2n) is 2.43. The minimum Gasteiger partial charge on any atom is -0.289 e. The van der Waals surface area contributed by atoms with Crippen LogP contribution < -0.4 is 5.06 Å². The first kappa shape index (κ1) is 9.10. The minimum absolute atomic E-state index is 0.635. The van der Waals surface area contributed by atoms with Gasteiger partial charge in [0.1, 0.15) is 0 Å². The zero-order chi connectivity index (χ0) is 9.14. The van der Waals surface area contributed by atoms with Crippen LogP contribution in [0.15, 0.2) is 24.8 Å². The van der Waals surface area contributed by atoms with E-state index in [1.54, 1.807) is 31.3 Å². The molecule has 0 radical (unpaired) electrons. The molecule has 12 heavy (non-hydrogen) atoms. The molecule has 0 aliphatic rings. The summed E-state index contributed by atoms with van der Waals surface area (Å²) in [4.78, 5) is 0. The molecule has 0 amide bonds. The monoisotopic (exact) mass is 183 g/mol. The van der Waals surface area contributed by atoms with Crippen molar-refractivity contribution in [1.29, 1.82) is 0 Å². The Hall–Kier alpha value is -0.990. The fraction of sp³-hybridized carbons (Fsp3) is 0.111. The lowest BCUT2D eigenvalue weighted by atomic mass is 10.2. The van der Waals surface area contributed by atoms with Gasteiger partial charge in [-0.2, -0.15) is 0 Å². The summed E-state index contributed by atoms with van der Waals surface area (Å²) < 4.78 is 0. The maximum Gasteiger partial charge on any atom is 0.0703 e. The Morgan fingerprint density at radius 3 is 2.75 bits per heavy atom. The number of halogens is 1. The lowest BCUT2D eigenvalue weighted by Crippen LogP contribution is -2.10. The highest BCUT2D eigenvalue weighted by Crippen LogP contribution is 2.23. The van der Waals surface area contributed by atoms with Crippen LogP contribution in [0.2, 0.25) is 5.02 Å². The molecule has 0 aliphatic carbocycles. The average molecular weight is 184 g/mol. The third-order valence-corrected chi connectivity index (χ3v) is 1.79. The summed E-state index contributed by atoms with van der Waals surface area (Å²) in [5, 5.41) is 10.8. The van der Waals surface area contributed by atoms with Crippen LogP contribution in [-0.4, -0.2) is 12.3 Å². The van der Waals surface area contributed by atoms with Crippen molar-refractivity contribution in [1.82, 2.24) is 0 Å². The normalized spacial score (nSPS) is 9.58. The fourth-order valence-corrected chi connectivity index (χ4v) is 1.16. The Morgan fingerprint density at radius 1 is 1.58 bits per heavy atom. The van der Waals surface area contributed by atoms with E-state index in [1.165, 1.54) is 0 Å². The molecule has 64 valence electrons. The first-order chi connectivity index (χ1) is 5.65. The quantitative estimate of drug-likeness (QED) is 0.713. The number of hydroxylamine groups is 1. The van der Waals surface area contributed by atoms with Crippen LogP contribution in [0.25, 0.3) is 6.08 Å². The van der Waals surface area contributed by atoms with Gasteiger partial charge < -0.3 is 0 Å². The molecule has 1 N–H and O–H groups in total. The minimum atomic E-state index is 0.635. The zero-order valence-electron chi connectivity index (χ0n) is 6.79. The number of hydrogen-bond donors (Lipinski definition) is 1. The molecule has 0 spiro atoms. The van der Waals surface area contributed by atoms with Gasteiger partial charge in [-0.1, -0.05) is 24.3 Å². The van der Waals surface area contributed by atoms with E-state index >= 15 is 0 Å². The smallest absolute Gasteiger partial charge is 0.0703 e. The third kappa shape index (κ3) is 1.78. The summed E-state index contributed by atoms with van der Waals surface area (Å²) in [5.41, 5.74) is 1.50. The summed E-state index contributed by atoms with van der Waals surface area (Å²) >= 11 is 5.75. The van der Waals surface area contributed by atoms with E-state index in [1.807, 2.05) is 0 Å². The van der Waals surface area contributed by atoms with E-state index in [2.05, 4.69) is 6.58 Å². The van der Waals surface area contributed by atoms with Gasteiger partial charge in [-0.3, -0.25) is 10.3 Å². The zero-order valence-corrected chi connectivity index (χ0v) is 7.54. The second-order valence-corrected chi connectivity index (χ2v) is 2.87. The Bertz CT molecular complexity index is 297. The van der Waals surface area contributed by atoms with E-state index in [0.717, 1.165) is 10.6 Å². The van der Waals surface area contributed by atoms with Crippen molar-refractivity contribution in [3.8, 4) is 0 Å².